The smallest absolute Gasteiger partial charge is 0.313 e. The van der Waals surface area contributed by atoms with Crippen molar-refractivity contribution in [1.82, 2.24) is 0 Å². The van der Waals surface area contributed by atoms with Crippen molar-refractivity contribution in [3.63, 3.8) is 0 Å². The second kappa shape index (κ2) is 4.02. The fourth-order valence-electron chi connectivity index (χ4n) is 3.14. The third-order valence-corrected chi connectivity index (χ3v) is 3.97. The first-order valence-electron chi connectivity index (χ1n) is 6.14. The molecule has 3 rings (SSSR count). The molecule has 0 saturated heterocycles. The number of allylic oxidation sites excluding steroid dienone is 2. The Kier molecular flexibility index (Phi) is 2.50. The number of carbonyl (C=O) groups excluding carboxylic acids is 1. The van der Waals surface area contributed by atoms with Crippen LogP contribution in [0.2, 0.25) is 0 Å². The highest BCUT2D eigenvalue weighted by molar-refractivity contribution is 5.79. The predicted octanol–water partition coefficient (Wildman–Crippen LogP) is 3.01. The van der Waals surface area contributed by atoms with Gasteiger partial charge in [-0.05, 0) is 29.9 Å². The van der Waals surface area contributed by atoms with Crippen LogP contribution in [0.1, 0.15) is 35.8 Å². The Balaban J connectivity index is 2.09. The zero-order valence-corrected chi connectivity index (χ0v) is 9.93. The second-order valence-corrected chi connectivity index (χ2v) is 4.93. The number of fused-ring (bicyclic) bond motifs is 4. The van der Waals surface area contributed by atoms with Crippen molar-refractivity contribution >= 4 is 5.97 Å². The van der Waals surface area contributed by atoms with Crippen LogP contribution in [0, 0.1) is 5.92 Å². The zero-order chi connectivity index (χ0) is 11.8. The molecular formula is C15H16O2. The number of hydrogen-bond donors (Lipinski definition) is 0. The highest BCUT2D eigenvalue weighted by Crippen LogP contribution is 2.44. The first-order valence-corrected chi connectivity index (χ1v) is 6.14. The first kappa shape index (κ1) is 10.6. The highest BCUT2D eigenvalue weighted by Gasteiger charge is 2.34. The molecule has 1 aromatic rings. The maximum absolute atomic E-state index is 11.9. The van der Waals surface area contributed by atoms with Gasteiger partial charge in [0.05, 0.1) is 13.0 Å². The van der Waals surface area contributed by atoms with Crippen molar-refractivity contribution in [3.8, 4) is 0 Å². The molecule has 17 heavy (non-hydrogen) atoms. The Morgan fingerprint density at radius 1 is 1.18 bits per heavy atom. The minimum absolute atomic E-state index is 0.0869. The van der Waals surface area contributed by atoms with E-state index in [4.69, 9.17) is 4.74 Å². The van der Waals surface area contributed by atoms with Crippen molar-refractivity contribution in [2.45, 2.75) is 24.7 Å². The summed E-state index contributed by atoms with van der Waals surface area (Å²) in [5.41, 5.74) is 2.47. The molecule has 2 bridgehead atoms. The van der Waals surface area contributed by atoms with E-state index in [1.165, 1.54) is 12.7 Å². The molecule has 0 aliphatic heterocycles. The number of esters is 1. The number of hydrogen-bond acceptors (Lipinski definition) is 2. The van der Waals surface area contributed by atoms with E-state index in [9.17, 15) is 4.79 Å². The maximum Gasteiger partial charge on any atom is 0.313 e. The molecule has 0 radical (unpaired) electrons. The van der Waals surface area contributed by atoms with E-state index >= 15 is 0 Å². The molecule has 2 aliphatic rings. The molecule has 2 heteroatoms. The van der Waals surface area contributed by atoms with Crippen LogP contribution in [-0.2, 0) is 9.53 Å². The molecule has 0 N–H and O–H groups in total. The standard InChI is InChI=1S/C15H16O2/c1-17-15(16)14-9-10-6-7-11(8-10)12-4-2-3-5-13(12)14/h2-7,10-11,14H,8-9H2,1H3. The third kappa shape index (κ3) is 1.68. The van der Waals surface area contributed by atoms with E-state index < -0.39 is 0 Å². The Hall–Kier alpha value is -1.57. The molecule has 2 aliphatic carbocycles. The van der Waals surface area contributed by atoms with Crippen molar-refractivity contribution in [2.75, 3.05) is 7.11 Å². The number of rotatable bonds is 1. The fraction of sp³-hybridized carbons (Fsp3) is 0.400. The monoisotopic (exact) mass is 228 g/mol. The molecule has 3 unspecified atom stereocenters. The SMILES string of the molecule is COC(=O)C1CC2C=CC(C2)c2ccccc21. The molecular weight excluding hydrogens is 212 g/mol. The van der Waals surface area contributed by atoms with Crippen LogP contribution in [0.15, 0.2) is 36.4 Å². The van der Waals surface area contributed by atoms with Crippen molar-refractivity contribution in [1.29, 1.82) is 0 Å². The molecule has 0 fully saturated rings. The van der Waals surface area contributed by atoms with Gasteiger partial charge in [-0.2, -0.15) is 0 Å². The van der Waals surface area contributed by atoms with Gasteiger partial charge in [0, 0.05) is 5.92 Å². The Morgan fingerprint density at radius 2 is 1.94 bits per heavy atom. The van der Waals surface area contributed by atoms with Crippen LogP contribution in [0.5, 0.6) is 0 Å². The number of benzene rings is 1. The van der Waals surface area contributed by atoms with Crippen LogP contribution in [0.4, 0.5) is 0 Å². The molecule has 0 amide bonds. The average molecular weight is 228 g/mol. The average Bonchev–Trinajstić information content (AvgIpc) is 2.76. The van der Waals surface area contributed by atoms with Gasteiger partial charge in [-0.1, -0.05) is 36.4 Å². The molecule has 88 valence electrons. The molecule has 0 heterocycles. The number of carbonyl (C=O) groups is 1. The van der Waals surface area contributed by atoms with Gasteiger partial charge in [-0.3, -0.25) is 4.79 Å². The summed E-state index contributed by atoms with van der Waals surface area (Å²) >= 11 is 0. The number of methoxy groups -OCH3 is 1. The first-order chi connectivity index (χ1) is 8.29. The topological polar surface area (TPSA) is 26.3 Å². The van der Waals surface area contributed by atoms with Crippen LogP contribution in [0.25, 0.3) is 0 Å². The summed E-state index contributed by atoms with van der Waals surface area (Å²) < 4.78 is 4.95. The van der Waals surface area contributed by atoms with E-state index in [-0.39, 0.29) is 11.9 Å². The zero-order valence-electron chi connectivity index (χ0n) is 9.93. The van der Waals surface area contributed by atoms with Gasteiger partial charge in [0.25, 0.3) is 0 Å². The van der Waals surface area contributed by atoms with Crippen molar-refractivity contribution in [3.05, 3.63) is 47.5 Å². The van der Waals surface area contributed by atoms with Crippen LogP contribution in [-0.4, -0.2) is 13.1 Å². The molecule has 0 saturated carbocycles. The summed E-state index contributed by atoms with van der Waals surface area (Å²) in [6.07, 6.45) is 6.58. The summed E-state index contributed by atoms with van der Waals surface area (Å²) in [6, 6.07) is 8.29. The summed E-state index contributed by atoms with van der Waals surface area (Å²) in [7, 11) is 1.48. The Bertz CT molecular complexity index is 476. The minimum atomic E-state index is -0.0987. The van der Waals surface area contributed by atoms with Crippen LogP contribution in [0.3, 0.4) is 0 Å². The lowest BCUT2D eigenvalue weighted by atomic mass is 9.87. The van der Waals surface area contributed by atoms with Gasteiger partial charge in [-0.15, -0.1) is 0 Å². The second-order valence-electron chi connectivity index (χ2n) is 4.93. The third-order valence-electron chi connectivity index (χ3n) is 3.97. The lowest BCUT2D eigenvalue weighted by molar-refractivity contribution is -0.142. The fourth-order valence-corrected chi connectivity index (χ4v) is 3.14. The number of ether oxygens (including phenoxy) is 1. The normalized spacial score (nSPS) is 29.6. The van der Waals surface area contributed by atoms with Crippen LogP contribution < -0.4 is 0 Å². The Labute approximate surface area is 101 Å². The lowest BCUT2D eigenvalue weighted by Crippen LogP contribution is -2.17. The van der Waals surface area contributed by atoms with E-state index in [0.717, 1.165) is 18.4 Å². The summed E-state index contributed by atoms with van der Waals surface area (Å²) in [4.78, 5) is 11.9. The van der Waals surface area contributed by atoms with Gasteiger partial charge in [-0.25, -0.2) is 0 Å². The van der Waals surface area contributed by atoms with Gasteiger partial charge in [0.1, 0.15) is 0 Å². The molecule has 0 aromatic heterocycles. The van der Waals surface area contributed by atoms with Gasteiger partial charge in [0.15, 0.2) is 0 Å². The molecule has 0 spiro atoms. The van der Waals surface area contributed by atoms with Crippen LogP contribution >= 0.6 is 0 Å². The summed E-state index contributed by atoms with van der Waals surface area (Å²) in [6.45, 7) is 0. The molecule has 3 atom stereocenters. The van der Waals surface area contributed by atoms with E-state index in [0.29, 0.717) is 11.8 Å². The molecule has 1 aromatic carbocycles. The van der Waals surface area contributed by atoms with Gasteiger partial charge in [0.2, 0.25) is 0 Å². The lowest BCUT2D eigenvalue weighted by Gasteiger charge is -2.18. The van der Waals surface area contributed by atoms with E-state index in [2.05, 4.69) is 30.4 Å². The van der Waals surface area contributed by atoms with E-state index in [1.807, 2.05) is 6.07 Å². The minimum Gasteiger partial charge on any atom is -0.469 e. The van der Waals surface area contributed by atoms with Gasteiger partial charge < -0.3 is 4.74 Å². The summed E-state index contributed by atoms with van der Waals surface area (Å²) in [5, 5.41) is 0. The quantitative estimate of drug-likeness (QED) is 0.545. The highest BCUT2D eigenvalue weighted by atomic mass is 16.5. The van der Waals surface area contributed by atoms with Crippen molar-refractivity contribution < 1.29 is 9.53 Å². The van der Waals surface area contributed by atoms with Gasteiger partial charge >= 0.3 is 5.97 Å². The van der Waals surface area contributed by atoms with Crippen molar-refractivity contribution in [2.24, 2.45) is 5.92 Å². The summed E-state index contributed by atoms with van der Waals surface area (Å²) in [5.74, 6) is 0.830. The van der Waals surface area contributed by atoms with E-state index in [1.54, 1.807) is 0 Å². The maximum atomic E-state index is 11.9. The molecule has 2 nitrogen and oxygen atoms in total. The predicted molar refractivity (Wildman–Crippen MR) is 65.8 cm³/mol. The largest absolute Gasteiger partial charge is 0.469 e. The Morgan fingerprint density at radius 3 is 2.71 bits per heavy atom.